The molecule has 2 atom stereocenters. The van der Waals surface area contributed by atoms with Gasteiger partial charge in [-0.05, 0) is 54.3 Å². The summed E-state index contributed by atoms with van der Waals surface area (Å²) in [6, 6.07) is 17.8. The number of rotatable bonds is 6. The van der Waals surface area contributed by atoms with Crippen LogP contribution in [0.2, 0.25) is 0 Å². The van der Waals surface area contributed by atoms with Crippen LogP contribution >= 0.6 is 0 Å². The van der Waals surface area contributed by atoms with E-state index in [9.17, 15) is 4.79 Å². The summed E-state index contributed by atoms with van der Waals surface area (Å²) in [5, 5.41) is 12.3. The van der Waals surface area contributed by atoms with E-state index in [-0.39, 0.29) is 12.0 Å². The lowest BCUT2D eigenvalue weighted by atomic mass is 10.0. The van der Waals surface area contributed by atoms with Crippen molar-refractivity contribution in [2.45, 2.75) is 18.9 Å². The fourth-order valence-electron chi connectivity index (χ4n) is 3.18. The molecule has 2 aromatic carbocycles. The van der Waals surface area contributed by atoms with Crippen LogP contribution in [0.5, 0.6) is 5.75 Å². The van der Waals surface area contributed by atoms with E-state index in [4.69, 9.17) is 14.7 Å². The first-order valence-corrected chi connectivity index (χ1v) is 8.71. The Kier molecular flexibility index (Phi) is 5.88. The number of ether oxygens (including phenoxy) is 2. The first-order chi connectivity index (χ1) is 12.7. The monoisotopic (exact) mass is 350 g/mol. The minimum absolute atomic E-state index is 0.156. The second-order valence-corrected chi connectivity index (χ2v) is 6.51. The smallest absolute Gasteiger partial charge is 0.305 e. The number of esters is 1. The zero-order valence-corrected chi connectivity index (χ0v) is 14.8. The van der Waals surface area contributed by atoms with Crippen LogP contribution in [0.3, 0.4) is 0 Å². The van der Waals surface area contributed by atoms with Crippen LogP contribution in [0.4, 0.5) is 0 Å². The number of benzene rings is 2. The van der Waals surface area contributed by atoms with Gasteiger partial charge in [-0.25, -0.2) is 0 Å². The first-order valence-electron chi connectivity index (χ1n) is 8.71. The van der Waals surface area contributed by atoms with Crippen molar-refractivity contribution in [3.05, 3.63) is 54.1 Å². The molecule has 1 heterocycles. The number of nitrogens with zero attached hydrogens (tertiary/aromatic N) is 1. The summed E-state index contributed by atoms with van der Waals surface area (Å²) < 4.78 is 10.6. The van der Waals surface area contributed by atoms with Gasteiger partial charge in [0.15, 0.2) is 0 Å². The third-order valence-electron chi connectivity index (χ3n) is 4.65. The molecule has 1 N–H and O–H groups in total. The lowest BCUT2D eigenvalue weighted by molar-refractivity contribution is -0.141. The predicted octanol–water partition coefficient (Wildman–Crippen LogP) is 3.15. The second-order valence-electron chi connectivity index (χ2n) is 6.51. The van der Waals surface area contributed by atoms with Crippen molar-refractivity contribution >= 4 is 5.97 Å². The first kappa shape index (κ1) is 18.0. The summed E-state index contributed by atoms with van der Waals surface area (Å²) in [4.78, 5) is 11.3. The minimum atomic E-state index is -0.156. The molecule has 2 aromatic rings. The molecule has 0 aliphatic carbocycles. The van der Waals surface area contributed by atoms with Gasteiger partial charge in [0.2, 0.25) is 0 Å². The highest BCUT2D eigenvalue weighted by molar-refractivity contribution is 5.69. The highest BCUT2D eigenvalue weighted by Gasteiger charge is 2.26. The molecule has 0 spiro atoms. The van der Waals surface area contributed by atoms with Crippen LogP contribution in [0.15, 0.2) is 48.5 Å². The quantitative estimate of drug-likeness (QED) is 0.811. The lowest BCUT2D eigenvalue weighted by Crippen LogP contribution is -2.28. The molecule has 0 radical (unpaired) electrons. The SMILES string of the molecule is COC(=O)C[C@H]1CN[C@H](COc2ccc(-c3ccc(C#N)cc3)cc2)C1. The van der Waals surface area contributed by atoms with Crippen LogP contribution in [0.25, 0.3) is 11.1 Å². The topological polar surface area (TPSA) is 71.3 Å². The van der Waals surface area contributed by atoms with Gasteiger partial charge in [0.05, 0.1) is 18.7 Å². The van der Waals surface area contributed by atoms with Gasteiger partial charge in [0.1, 0.15) is 12.4 Å². The second kappa shape index (κ2) is 8.50. The molecular weight excluding hydrogens is 328 g/mol. The molecule has 0 amide bonds. The number of carbonyl (C=O) groups is 1. The standard InChI is InChI=1S/C21H22N2O3/c1-25-21(24)11-16-10-19(23-13-16)14-26-20-8-6-18(7-9-20)17-4-2-15(12-22)3-5-17/h2-9,16,19,23H,10-11,13-14H2,1H3/t16-,19-/m0/s1. The summed E-state index contributed by atoms with van der Waals surface area (Å²) in [5.74, 6) is 0.979. The van der Waals surface area contributed by atoms with E-state index < -0.39 is 0 Å². The Bertz CT molecular complexity index is 778. The van der Waals surface area contributed by atoms with E-state index in [0.717, 1.165) is 29.8 Å². The summed E-state index contributed by atoms with van der Waals surface area (Å²) in [7, 11) is 1.42. The number of hydrogen-bond acceptors (Lipinski definition) is 5. The third kappa shape index (κ3) is 4.62. The summed E-state index contributed by atoms with van der Waals surface area (Å²) >= 11 is 0. The minimum Gasteiger partial charge on any atom is -0.492 e. The maximum absolute atomic E-state index is 11.3. The molecule has 1 saturated heterocycles. The molecule has 1 aliphatic rings. The summed E-state index contributed by atoms with van der Waals surface area (Å²) in [6.45, 7) is 1.40. The highest BCUT2D eigenvalue weighted by atomic mass is 16.5. The van der Waals surface area contributed by atoms with Crippen molar-refractivity contribution in [2.24, 2.45) is 5.92 Å². The number of methoxy groups -OCH3 is 1. The molecule has 1 fully saturated rings. The van der Waals surface area contributed by atoms with Gasteiger partial charge in [-0.1, -0.05) is 24.3 Å². The van der Waals surface area contributed by atoms with E-state index in [1.54, 1.807) is 0 Å². The molecular formula is C21H22N2O3. The molecule has 134 valence electrons. The largest absolute Gasteiger partial charge is 0.492 e. The summed E-state index contributed by atoms with van der Waals surface area (Å²) in [6.07, 6.45) is 1.37. The Labute approximate surface area is 153 Å². The van der Waals surface area contributed by atoms with Gasteiger partial charge in [-0.3, -0.25) is 4.79 Å². The fraction of sp³-hybridized carbons (Fsp3) is 0.333. The van der Waals surface area contributed by atoms with E-state index in [0.29, 0.717) is 24.5 Å². The Balaban J connectivity index is 1.50. The van der Waals surface area contributed by atoms with Gasteiger partial charge < -0.3 is 14.8 Å². The van der Waals surface area contributed by atoms with Crippen molar-refractivity contribution < 1.29 is 14.3 Å². The van der Waals surface area contributed by atoms with E-state index in [1.165, 1.54) is 7.11 Å². The van der Waals surface area contributed by atoms with Crippen molar-refractivity contribution in [3.63, 3.8) is 0 Å². The number of nitriles is 1. The van der Waals surface area contributed by atoms with Crippen LogP contribution < -0.4 is 10.1 Å². The molecule has 5 heteroatoms. The van der Waals surface area contributed by atoms with Gasteiger partial charge in [-0.15, -0.1) is 0 Å². The summed E-state index contributed by atoms with van der Waals surface area (Å²) in [5.41, 5.74) is 2.81. The number of carbonyl (C=O) groups excluding carboxylic acids is 1. The van der Waals surface area contributed by atoms with Crippen molar-refractivity contribution in [1.82, 2.24) is 5.32 Å². The lowest BCUT2D eigenvalue weighted by Gasteiger charge is -2.13. The van der Waals surface area contributed by atoms with Crippen LogP contribution in [0, 0.1) is 17.2 Å². The van der Waals surface area contributed by atoms with E-state index in [1.807, 2.05) is 48.5 Å². The van der Waals surface area contributed by atoms with E-state index in [2.05, 4.69) is 11.4 Å². The van der Waals surface area contributed by atoms with E-state index >= 15 is 0 Å². The fourth-order valence-corrected chi connectivity index (χ4v) is 3.18. The zero-order valence-electron chi connectivity index (χ0n) is 14.8. The molecule has 26 heavy (non-hydrogen) atoms. The van der Waals surface area contributed by atoms with Crippen LogP contribution in [-0.2, 0) is 9.53 Å². The Hall–Kier alpha value is -2.84. The molecule has 3 rings (SSSR count). The number of hydrogen-bond donors (Lipinski definition) is 1. The Morgan fingerprint density at radius 3 is 2.42 bits per heavy atom. The van der Waals surface area contributed by atoms with Gasteiger partial charge >= 0.3 is 5.97 Å². The van der Waals surface area contributed by atoms with Gasteiger partial charge in [0, 0.05) is 12.5 Å². The van der Waals surface area contributed by atoms with Crippen molar-refractivity contribution in [1.29, 1.82) is 5.26 Å². The van der Waals surface area contributed by atoms with Gasteiger partial charge in [0.25, 0.3) is 0 Å². The molecule has 0 aromatic heterocycles. The third-order valence-corrected chi connectivity index (χ3v) is 4.65. The van der Waals surface area contributed by atoms with Gasteiger partial charge in [-0.2, -0.15) is 5.26 Å². The normalized spacial score (nSPS) is 18.9. The molecule has 5 nitrogen and oxygen atoms in total. The van der Waals surface area contributed by atoms with Crippen molar-refractivity contribution in [3.8, 4) is 22.9 Å². The zero-order chi connectivity index (χ0) is 18.4. The number of nitrogens with one attached hydrogen (secondary N) is 1. The molecule has 0 bridgehead atoms. The molecule has 1 aliphatic heterocycles. The maximum Gasteiger partial charge on any atom is 0.305 e. The van der Waals surface area contributed by atoms with Crippen LogP contribution in [-0.4, -0.2) is 32.3 Å². The predicted molar refractivity (Wildman–Crippen MR) is 98.6 cm³/mol. The van der Waals surface area contributed by atoms with Crippen molar-refractivity contribution in [2.75, 3.05) is 20.3 Å². The Morgan fingerprint density at radius 2 is 1.81 bits per heavy atom. The maximum atomic E-state index is 11.3. The Morgan fingerprint density at radius 1 is 1.15 bits per heavy atom. The average Bonchev–Trinajstić information content (AvgIpc) is 3.14. The molecule has 0 saturated carbocycles. The highest BCUT2D eigenvalue weighted by Crippen LogP contribution is 2.24. The molecule has 0 unspecified atom stereocenters. The average molecular weight is 350 g/mol. The van der Waals surface area contributed by atoms with Crippen LogP contribution in [0.1, 0.15) is 18.4 Å².